The number of hydrogen-bond donors (Lipinski definition) is 1. The molecule has 2 N–H and O–H groups in total. The van der Waals surface area contributed by atoms with Crippen LogP contribution in [-0.4, -0.2) is 23.4 Å². The van der Waals surface area contributed by atoms with Crippen molar-refractivity contribution in [1.82, 2.24) is 10.1 Å². The van der Waals surface area contributed by atoms with Crippen LogP contribution in [-0.2, 0) is 11.2 Å². The zero-order valence-corrected chi connectivity index (χ0v) is 10.0. The van der Waals surface area contributed by atoms with Gasteiger partial charge in [-0.05, 0) is 36.6 Å². The lowest BCUT2D eigenvalue weighted by Gasteiger charge is -2.01. The molecule has 94 valence electrons. The second kappa shape index (κ2) is 4.78. The number of rotatable bonds is 3. The van der Waals surface area contributed by atoms with Gasteiger partial charge in [0.05, 0.1) is 0 Å². The average molecular weight is 245 g/mol. The number of anilines is 1. The molecule has 0 amide bonds. The molecule has 2 aromatic rings. The van der Waals surface area contributed by atoms with E-state index in [4.69, 9.17) is 15.0 Å². The van der Waals surface area contributed by atoms with E-state index in [-0.39, 0.29) is 0 Å². The summed E-state index contributed by atoms with van der Waals surface area (Å²) >= 11 is 0. The van der Waals surface area contributed by atoms with E-state index in [9.17, 15) is 0 Å². The van der Waals surface area contributed by atoms with E-state index in [0.717, 1.165) is 43.1 Å². The largest absolute Gasteiger partial charge is 0.399 e. The van der Waals surface area contributed by atoms with Crippen LogP contribution in [0.25, 0.3) is 11.5 Å². The van der Waals surface area contributed by atoms with Gasteiger partial charge in [0.25, 0.3) is 5.89 Å². The molecular weight excluding hydrogens is 230 g/mol. The molecule has 2 heterocycles. The van der Waals surface area contributed by atoms with Crippen LogP contribution in [0.3, 0.4) is 0 Å². The number of nitrogen functional groups attached to an aromatic ring is 1. The number of ether oxygens (including phenoxy) is 1. The number of nitrogens with zero attached hydrogens (tertiary/aromatic N) is 2. The van der Waals surface area contributed by atoms with Gasteiger partial charge in [-0.2, -0.15) is 4.98 Å². The fourth-order valence-corrected chi connectivity index (χ4v) is 2.08. The first kappa shape index (κ1) is 11.2. The fraction of sp³-hybridized carbons (Fsp3) is 0.385. The molecule has 0 bridgehead atoms. The standard InChI is InChI=1S/C13H15N3O2/c14-11-3-1-10(2-4-11)13-15-12(16-18-13)7-9-5-6-17-8-9/h1-4,9H,5-8,14H2. The monoisotopic (exact) mass is 245 g/mol. The molecule has 1 unspecified atom stereocenters. The van der Waals surface area contributed by atoms with Crippen LogP contribution in [0, 0.1) is 5.92 Å². The summed E-state index contributed by atoms with van der Waals surface area (Å²) in [5.74, 6) is 1.81. The maximum Gasteiger partial charge on any atom is 0.257 e. The van der Waals surface area contributed by atoms with Gasteiger partial charge < -0.3 is 15.0 Å². The average Bonchev–Trinajstić information content (AvgIpc) is 3.02. The van der Waals surface area contributed by atoms with Crippen LogP contribution >= 0.6 is 0 Å². The summed E-state index contributed by atoms with van der Waals surface area (Å²) in [4.78, 5) is 4.40. The van der Waals surface area contributed by atoms with Gasteiger partial charge in [-0.15, -0.1) is 0 Å². The van der Waals surface area contributed by atoms with Crippen molar-refractivity contribution in [2.24, 2.45) is 5.92 Å². The highest BCUT2D eigenvalue weighted by Gasteiger charge is 2.19. The van der Waals surface area contributed by atoms with Crippen molar-refractivity contribution in [2.45, 2.75) is 12.8 Å². The van der Waals surface area contributed by atoms with Gasteiger partial charge in [0, 0.05) is 30.9 Å². The van der Waals surface area contributed by atoms with Gasteiger partial charge in [0.2, 0.25) is 0 Å². The van der Waals surface area contributed by atoms with Crippen molar-refractivity contribution in [3.63, 3.8) is 0 Å². The zero-order valence-electron chi connectivity index (χ0n) is 10.0. The van der Waals surface area contributed by atoms with Crippen molar-refractivity contribution < 1.29 is 9.26 Å². The minimum absolute atomic E-state index is 0.516. The first-order chi connectivity index (χ1) is 8.81. The molecule has 1 saturated heterocycles. The van der Waals surface area contributed by atoms with Crippen LogP contribution in [0.15, 0.2) is 28.8 Å². The number of benzene rings is 1. The molecule has 5 nitrogen and oxygen atoms in total. The van der Waals surface area contributed by atoms with Crippen LogP contribution in [0.5, 0.6) is 0 Å². The molecule has 0 aliphatic carbocycles. The third-order valence-corrected chi connectivity index (χ3v) is 3.12. The molecule has 1 aliphatic rings. The van der Waals surface area contributed by atoms with E-state index in [2.05, 4.69) is 10.1 Å². The van der Waals surface area contributed by atoms with Gasteiger partial charge >= 0.3 is 0 Å². The van der Waals surface area contributed by atoms with E-state index in [0.29, 0.717) is 11.8 Å². The minimum atomic E-state index is 0.516. The first-order valence-electron chi connectivity index (χ1n) is 6.07. The van der Waals surface area contributed by atoms with Gasteiger partial charge in [-0.25, -0.2) is 0 Å². The van der Waals surface area contributed by atoms with Crippen molar-refractivity contribution >= 4 is 5.69 Å². The van der Waals surface area contributed by atoms with Crippen molar-refractivity contribution in [2.75, 3.05) is 18.9 Å². The summed E-state index contributed by atoms with van der Waals surface area (Å²) in [6.07, 6.45) is 1.89. The Balaban J connectivity index is 1.74. The van der Waals surface area contributed by atoms with E-state index in [1.165, 1.54) is 0 Å². The molecule has 1 fully saturated rings. The molecule has 3 rings (SSSR count). The molecule has 1 aromatic carbocycles. The SMILES string of the molecule is Nc1ccc(-c2nc(CC3CCOC3)no2)cc1. The van der Waals surface area contributed by atoms with Gasteiger partial charge in [0.15, 0.2) is 5.82 Å². The lowest BCUT2D eigenvalue weighted by atomic mass is 10.1. The topological polar surface area (TPSA) is 74.2 Å². The Kier molecular flexibility index (Phi) is 2.98. The van der Waals surface area contributed by atoms with Crippen molar-refractivity contribution in [3.8, 4) is 11.5 Å². The number of aromatic nitrogens is 2. The fourth-order valence-electron chi connectivity index (χ4n) is 2.08. The van der Waals surface area contributed by atoms with E-state index in [1.807, 2.05) is 24.3 Å². The summed E-state index contributed by atoms with van der Waals surface area (Å²) < 4.78 is 10.6. The molecule has 0 spiro atoms. The lowest BCUT2D eigenvalue weighted by Crippen LogP contribution is -2.04. The molecule has 1 aliphatic heterocycles. The Morgan fingerprint density at radius 3 is 2.83 bits per heavy atom. The summed E-state index contributed by atoms with van der Waals surface area (Å²) in [5.41, 5.74) is 7.26. The van der Waals surface area contributed by atoms with Gasteiger partial charge in [-0.3, -0.25) is 0 Å². The highest BCUT2D eigenvalue weighted by atomic mass is 16.5. The Morgan fingerprint density at radius 1 is 1.28 bits per heavy atom. The quantitative estimate of drug-likeness (QED) is 0.836. The number of nitrogens with two attached hydrogens (primary N) is 1. The molecule has 5 heteroatoms. The normalized spacial score (nSPS) is 19.2. The highest BCUT2D eigenvalue weighted by Crippen LogP contribution is 2.21. The summed E-state index contributed by atoms with van der Waals surface area (Å²) in [6.45, 7) is 1.64. The summed E-state index contributed by atoms with van der Waals surface area (Å²) in [7, 11) is 0. The van der Waals surface area contributed by atoms with Crippen LogP contribution in [0.4, 0.5) is 5.69 Å². The second-order valence-electron chi connectivity index (χ2n) is 4.57. The second-order valence-corrected chi connectivity index (χ2v) is 4.57. The van der Waals surface area contributed by atoms with Crippen molar-refractivity contribution in [3.05, 3.63) is 30.1 Å². The summed E-state index contributed by atoms with van der Waals surface area (Å²) in [5, 5.41) is 4.01. The molecular formula is C13H15N3O2. The molecule has 1 aromatic heterocycles. The molecule has 0 saturated carbocycles. The van der Waals surface area contributed by atoms with E-state index < -0.39 is 0 Å². The Morgan fingerprint density at radius 2 is 2.11 bits per heavy atom. The molecule has 0 radical (unpaired) electrons. The van der Waals surface area contributed by atoms with Crippen LogP contribution in [0.2, 0.25) is 0 Å². The van der Waals surface area contributed by atoms with Crippen molar-refractivity contribution in [1.29, 1.82) is 0 Å². The number of hydrogen-bond acceptors (Lipinski definition) is 5. The highest BCUT2D eigenvalue weighted by molar-refractivity contribution is 5.56. The molecule has 18 heavy (non-hydrogen) atoms. The van der Waals surface area contributed by atoms with Crippen LogP contribution < -0.4 is 5.73 Å². The predicted molar refractivity (Wildman–Crippen MR) is 66.8 cm³/mol. The van der Waals surface area contributed by atoms with E-state index in [1.54, 1.807) is 0 Å². The third kappa shape index (κ3) is 2.36. The minimum Gasteiger partial charge on any atom is -0.399 e. The first-order valence-corrected chi connectivity index (χ1v) is 6.07. The van der Waals surface area contributed by atoms with Gasteiger partial charge in [-0.1, -0.05) is 5.16 Å². The third-order valence-electron chi connectivity index (χ3n) is 3.12. The lowest BCUT2D eigenvalue weighted by molar-refractivity contribution is 0.185. The van der Waals surface area contributed by atoms with Crippen LogP contribution in [0.1, 0.15) is 12.2 Å². The molecule has 1 atom stereocenters. The predicted octanol–water partition coefficient (Wildman–Crippen LogP) is 1.90. The zero-order chi connectivity index (χ0) is 12.4. The Labute approximate surface area is 105 Å². The Bertz CT molecular complexity index is 515. The smallest absolute Gasteiger partial charge is 0.257 e. The Hall–Kier alpha value is -1.88. The summed E-state index contributed by atoms with van der Waals surface area (Å²) in [6, 6.07) is 7.41. The maximum absolute atomic E-state index is 5.64. The van der Waals surface area contributed by atoms with Gasteiger partial charge in [0.1, 0.15) is 0 Å². The maximum atomic E-state index is 5.64. The van der Waals surface area contributed by atoms with E-state index >= 15 is 0 Å².